The van der Waals surface area contributed by atoms with Gasteiger partial charge in [-0.15, -0.1) is 11.7 Å². The van der Waals surface area contributed by atoms with E-state index in [9.17, 15) is 5.11 Å². The van der Waals surface area contributed by atoms with E-state index in [1.807, 2.05) is 50.3 Å². The van der Waals surface area contributed by atoms with Crippen molar-refractivity contribution in [2.45, 2.75) is 32.7 Å². The predicted molar refractivity (Wildman–Crippen MR) is 174 cm³/mol. The molecule has 0 aliphatic rings. The lowest BCUT2D eigenvalue weighted by atomic mass is 10.0. The van der Waals surface area contributed by atoms with Crippen molar-refractivity contribution in [1.82, 2.24) is 15.0 Å². The maximum atomic E-state index is 10.6. The molecule has 0 unspecified atom stereocenters. The summed E-state index contributed by atoms with van der Waals surface area (Å²) in [6.45, 7) is 8.93. The maximum absolute atomic E-state index is 10.6. The third-order valence-corrected chi connectivity index (χ3v) is 8.19. The number of hydrogen-bond acceptors (Lipinski definition) is 12. The van der Waals surface area contributed by atoms with Crippen LogP contribution in [0.5, 0.6) is 5.75 Å². The Balaban J connectivity index is 1.51. The van der Waals surface area contributed by atoms with Crippen LogP contribution in [-0.4, -0.2) is 56.7 Å². The minimum atomic E-state index is -1.25. The van der Waals surface area contributed by atoms with Crippen LogP contribution in [0.25, 0.3) is 10.8 Å². The fraction of sp³-hybridized carbons (Fsp3) is 0.300. The van der Waals surface area contributed by atoms with Gasteiger partial charge in [-0.2, -0.15) is 20.1 Å². The van der Waals surface area contributed by atoms with Crippen molar-refractivity contribution in [1.29, 1.82) is 0 Å². The first-order chi connectivity index (χ1) is 20.8. The van der Waals surface area contributed by atoms with Gasteiger partial charge in [-0.05, 0) is 79.6 Å². The summed E-state index contributed by atoms with van der Waals surface area (Å²) in [7, 11) is 2.08. The highest BCUT2D eigenvalue weighted by Crippen LogP contribution is 2.39. The fourth-order valence-electron chi connectivity index (χ4n) is 4.37. The highest BCUT2D eigenvalue weighted by atomic mass is 28.3. The molecule has 0 aliphatic carbocycles. The number of phenols is 1. The van der Waals surface area contributed by atoms with Crippen LogP contribution in [0.4, 0.5) is 40.6 Å². The molecular weight excluding hydrogens is 562 g/mol. The number of nitrogen functional groups attached to an aromatic ring is 1. The van der Waals surface area contributed by atoms with E-state index >= 15 is 0 Å². The zero-order valence-electron chi connectivity index (χ0n) is 24.9. The van der Waals surface area contributed by atoms with Crippen LogP contribution >= 0.6 is 0 Å². The van der Waals surface area contributed by atoms with Gasteiger partial charge in [-0.25, -0.2) is 0 Å². The number of aromatic nitrogens is 3. The molecule has 0 fully saturated rings. The third-order valence-electron chi connectivity index (χ3n) is 6.52. The number of hydrogen-bond donors (Lipinski definition) is 5. The minimum Gasteiger partial charge on any atom is -0.507 e. The van der Waals surface area contributed by atoms with Gasteiger partial charge in [0.25, 0.3) is 0 Å². The number of aryl methyl sites for hydroxylation is 2. The summed E-state index contributed by atoms with van der Waals surface area (Å²) in [6.07, 6.45) is 3.45. The number of nitrogens with zero attached hydrogens (tertiary/aromatic N) is 5. The van der Waals surface area contributed by atoms with Gasteiger partial charge in [-0.3, -0.25) is 0 Å². The molecule has 13 heteroatoms. The maximum Gasteiger partial charge on any atom is 0.384 e. The molecule has 0 atom stereocenters. The zero-order chi connectivity index (χ0) is 30.8. The number of nitrogens with two attached hydrogens (primary N) is 1. The van der Waals surface area contributed by atoms with Gasteiger partial charge >= 0.3 is 9.28 Å². The van der Waals surface area contributed by atoms with Crippen molar-refractivity contribution in [2.24, 2.45) is 10.2 Å². The predicted octanol–water partition coefficient (Wildman–Crippen LogP) is 6.66. The molecule has 1 radical (unpaired) electrons. The molecule has 0 saturated heterocycles. The molecule has 6 N–H and O–H groups in total. The van der Waals surface area contributed by atoms with Crippen molar-refractivity contribution in [3.8, 4) is 5.75 Å². The second kappa shape index (κ2) is 15.0. The van der Waals surface area contributed by atoms with Crippen molar-refractivity contribution in [3.05, 3.63) is 66.2 Å². The van der Waals surface area contributed by atoms with Gasteiger partial charge in [-0.1, -0.05) is 18.2 Å². The Morgan fingerprint density at radius 1 is 0.953 bits per heavy atom. The molecular formula is C30H38N9O3Si. The number of rotatable bonds is 15. The summed E-state index contributed by atoms with van der Waals surface area (Å²) < 4.78 is 10.7. The van der Waals surface area contributed by atoms with E-state index in [2.05, 4.69) is 47.7 Å². The van der Waals surface area contributed by atoms with Gasteiger partial charge < -0.3 is 35.6 Å². The van der Waals surface area contributed by atoms with Crippen LogP contribution in [-0.2, 0) is 8.85 Å². The van der Waals surface area contributed by atoms with Crippen molar-refractivity contribution in [2.75, 3.05) is 49.0 Å². The molecule has 1 aromatic heterocycles. The van der Waals surface area contributed by atoms with Gasteiger partial charge in [0.15, 0.2) is 0 Å². The molecule has 12 nitrogen and oxygen atoms in total. The van der Waals surface area contributed by atoms with Crippen LogP contribution in [0.2, 0.25) is 6.04 Å². The topological polar surface area (TPSA) is 164 Å². The largest absolute Gasteiger partial charge is 0.507 e. The summed E-state index contributed by atoms with van der Waals surface area (Å²) in [4.78, 5) is 13.6. The number of benzene rings is 3. The number of azo groups is 1. The quantitative estimate of drug-likeness (QED) is 0.0328. The fourth-order valence-corrected chi connectivity index (χ4v) is 5.41. The molecule has 0 spiro atoms. The average Bonchev–Trinajstić information content (AvgIpc) is 2.98. The Kier molecular flexibility index (Phi) is 11.0. The lowest BCUT2D eigenvalue weighted by molar-refractivity contribution is 0.277. The van der Waals surface area contributed by atoms with Gasteiger partial charge in [0.2, 0.25) is 17.8 Å². The van der Waals surface area contributed by atoms with Gasteiger partial charge in [0.05, 0.1) is 16.8 Å². The van der Waals surface area contributed by atoms with Crippen molar-refractivity contribution < 1.29 is 14.0 Å². The second-order valence-electron chi connectivity index (χ2n) is 9.83. The van der Waals surface area contributed by atoms with E-state index in [1.165, 1.54) is 0 Å². The van der Waals surface area contributed by atoms with E-state index in [-0.39, 0.29) is 5.75 Å². The lowest BCUT2D eigenvalue weighted by Gasteiger charge is -2.12. The summed E-state index contributed by atoms with van der Waals surface area (Å²) >= 11 is 0. The second-order valence-corrected chi connectivity index (χ2v) is 11.9. The summed E-state index contributed by atoms with van der Waals surface area (Å²) in [5.41, 5.74) is 10.3. The number of anilines is 5. The molecule has 225 valence electrons. The Morgan fingerprint density at radius 2 is 1.67 bits per heavy atom. The smallest absolute Gasteiger partial charge is 0.384 e. The van der Waals surface area contributed by atoms with Crippen molar-refractivity contribution in [3.63, 3.8) is 0 Å². The molecule has 43 heavy (non-hydrogen) atoms. The molecule has 0 aliphatic heterocycles. The van der Waals surface area contributed by atoms with Crippen LogP contribution < -0.4 is 21.7 Å². The van der Waals surface area contributed by atoms with Crippen LogP contribution in [0, 0.1) is 13.8 Å². The standard InChI is InChI=1S/C30H38N9O3Si/c1-6-7-13-32-28-35-29(33-14-8-15-43(41-4)42-5)37-30(36-28)34-22-10-12-24(20(3)18-22)38-39-27-23(31)11-9-21-16-19(2)17-25(40)26(21)27/h6,9-12,16-18,40H,1,7-8,13-15,31H2,2-5H3,(H3,32,33,34,35,36,37). The van der Waals surface area contributed by atoms with E-state index in [4.69, 9.17) is 14.6 Å². The number of fused-ring (bicyclic) bond motifs is 1. The summed E-state index contributed by atoms with van der Waals surface area (Å²) in [6, 6.07) is 13.8. The molecule has 1 heterocycles. The van der Waals surface area contributed by atoms with E-state index in [0.717, 1.165) is 41.1 Å². The van der Waals surface area contributed by atoms with Gasteiger partial charge in [0, 0.05) is 33.0 Å². The van der Waals surface area contributed by atoms with E-state index < -0.39 is 9.28 Å². The highest BCUT2D eigenvalue weighted by Gasteiger charge is 2.13. The summed E-state index contributed by atoms with van der Waals surface area (Å²) in [5, 5.41) is 30.6. The first-order valence-corrected chi connectivity index (χ1v) is 15.4. The zero-order valence-corrected chi connectivity index (χ0v) is 25.9. The molecule has 0 saturated carbocycles. The third kappa shape index (κ3) is 8.47. The van der Waals surface area contributed by atoms with Gasteiger partial charge in [0.1, 0.15) is 11.4 Å². The molecule has 4 rings (SSSR count). The monoisotopic (exact) mass is 600 g/mol. The normalized spacial score (nSPS) is 11.4. The Hall–Kier alpha value is -4.59. The minimum absolute atomic E-state index is 0.118. The molecule has 0 amide bonds. The number of aromatic hydroxyl groups is 1. The Labute approximate surface area is 253 Å². The van der Waals surface area contributed by atoms with Crippen LogP contribution in [0.1, 0.15) is 24.0 Å². The van der Waals surface area contributed by atoms with Crippen molar-refractivity contribution >= 4 is 60.7 Å². The summed E-state index contributed by atoms with van der Waals surface area (Å²) in [5.74, 6) is 1.41. The average molecular weight is 601 g/mol. The first-order valence-electron chi connectivity index (χ1n) is 13.9. The number of phenolic OH excluding ortho intramolecular Hbond substituents is 1. The first kappa shape index (κ1) is 31.3. The molecule has 3 aromatic carbocycles. The number of nitrogens with one attached hydrogen (secondary N) is 3. The van der Waals surface area contributed by atoms with Crippen LogP contribution in [0.15, 0.2) is 65.3 Å². The molecule has 0 bridgehead atoms. The van der Waals surface area contributed by atoms with E-state index in [1.54, 1.807) is 26.4 Å². The Morgan fingerprint density at radius 3 is 2.37 bits per heavy atom. The lowest BCUT2D eigenvalue weighted by Crippen LogP contribution is -2.20. The van der Waals surface area contributed by atoms with Crippen LogP contribution in [0.3, 0.4) is 0 Å². The van der Waals surface area contributed by atoms with E-state index in [0.29, 0.717) is 53.4 Å². The Bertz CT molecular complexity index is 1600. The SMILES string of the molecule is C=CCCNc1nc(NCCC[Si](OC)OC)nc(Nc2ccc(N=Nc3c(N)ccc4cc(C)cc(O)c34)c(C)c2)n1. The highest BCUT2D eigenvalue weighted by molar-refractivity contribution is 6.44. The molecule has 4 aromatic rings.